The number of ether oxygens (including phenoxy) is 1. The zero-order valence-electron chi connectivity index (χ0n) is 11.6. The summed E-state index contributed by atoms with van der Waals surface area (Å²) in [5, 5.41) is 8.19. The molecule has 2 aromatic carbocycles. The number of benzene rings is 2. The van der Waals surface area contributed by atoms with Crippen LogP contribution in [0.3, 0.4) is 0 Å². The van der Waals surface area contributed by atoms with Crippen LogP contribution in [-0.4, -0.2) is 5.84 Å². The maximum absolute atomic E-state index is 13.2. The Hall–Kier alpha value is -2.07. The fourth-order valence-corrected chi connectivity index (χ4v) is 2.25. The van der Waals surface area contributed by atoms with Crippen LogP contribution in [0.25, 0.3) is 0 Å². The van der Waals surface area contributed by atoms with Crippen molar-refractivity contribution in [2.24, 2.45) is 5.73 Å². The van der Waals surface area contributed by atoms with Gasteiger partial charge in [0.2, 0.25) is 0 Å². The smallest absolute Gasteiger partial charge is 0.123 e. The average Bonchev–Trinajstić information content (AvgIpc) is 2.47. The van der Waals surface area contributed by atoms with E-state index in [0.717, 1.165) is 12.0 Å². The molecule has 0 saturated heterocycles. The molecule has 21 heavy (non-hydrogen) atoms. The van der Waals surface area contributed by atoms with Crippen molar-refractivity contribution >= 4 is 17.4 Å². The topological polar surface area (TPSA) is 59.1 Å². The van der Waals surface area contributed by atoms with E-state index in [1.165, 1.54) is 12.1 Å². The normalized spacial score (nSPS) is 10.4. The molecule has 0 aromatic heterocycles. The summed E-state index contributed by atoms with van der Waals surface area (Å²) >= 11 is 6.06. The molecule has 0 fully saturated rings. The minimum Gasteiger partial charge on any atom is -0.489 e. The minimum atomic E-state index is -0.427. The highest BCUT2D eigenvalue weighted by molar-refractivity contribution is 6.31. The summed E-state index contributed by atoms with van der Waals surface area (Å²) < 4.78 is 18.9. The molecule has 0 atom stereocenters. The van der Waals surface area contributed by atoms with E-state index in [0.29, 0.717) is 21.9 Å². The molecule has 0 aliphatic carbocycles. The Labute approximate surface area is 128 Å². The van der Waals surface area contributed by atoms with Gasteiger partial charge in [0.05, 0.1) is 0 Å². The van der Waals surface area contributed by atoms with Crippen LogP contribution in [0.15, 0.2) is 36.4 Å². The maximum Gasteiger partial charge on any atom is 0.123 e. The Morgan fingerprint density at radius 1 is 1.24 bits per heavy atom. The Bertz CT molecular complexity index is 673. The summed E-state index contributed by atoms with van der Waals surface area (Å²) in [7, 11) is 0. The van der Waals surface area contributed by atoms with Gasteiger partial charge in [-0.1, -0.05) is 24.6 Å². The SMILES string of the molecule is CCc1cc(OCc2ccc(F)cc2C(=N)N)ccc1Cl. The second-order valence-corrected chi connectivity index (χ2v) is 5.02. The van der Waals surface area contributed by atoms with Crippen LogP contribution in [0.1, 0.15) is 23.6 Å². The molecule has 0 unspecified atom stereocenters. The van der Waals surface area contributed by atoms with Crippen molar-refractivity contribution in [2.45, 2.75) is 20.0 Å². The van der Waals surface area contributed by atoms with E-state index in [4.69, 9.17) is 27.5 Å². The second kappa shape index (κ2) is 6.59. The summed E-state index contributed by atoms with van der Waals surface area (Å²) in [6.07, 6.45) is 0.811. The van der Waals surface area contributed by atoms with E-state index in [9.17, 15) is 4.39 Å². The molecule has 0 aliphatic heterocycles. The molecule has 5 heteroatoms. The van der Waals surface area contributed by atoms with Gasteiger partial charge >= 0.3 is 0 Å². The number of halogens is 2. The fraction of sp³-hybridized carbons (Fsp3) is 0.188. The van der Waals surface area contributed by atoms with E-state index >= 15 is 0 Å². The Balaban J connectivity index is 2.18. The predicted molar refractivity (Wildman–Crippen MR) is 82.6 cm³/mol. The van der Waals surface area contributed by atoms with Gasteiger partial charge in [-0.05, 0) is 42.3 Å². The van der Waals surface area contributed by atoms with Gasteiger partial charge in [-0.2, -0.15) is 0 Å². The van der Waals surface area contributed by atoms with Crippen molar-refractivity contribution in [3.63, 3.8) is 0 Å². The molecule has 110 valence electrons. The van der Waals surface area contributed by atoms with E-state index in [-0.39, 0.29) is 12.4 Å². The summed E-state index contributed by atoms with van der Waals surface area (Å²) in [5.41, 5.74) is 7.47. The third-order valence-electron chi connectivity index (χ3n) is 3.15. The minimum absolute atomic E-state index is 0.182. The second-order valence-electron chi connectivity index (χ2n) is 4.61. The molecule has 0 heterocycles. The molecule has 0 radical (unpaired) electrons. The monoisotopic (exact) mass is 306 g/mol. The number of nitrogens with one attached hydrogen (secondary N) is 1. The highest BCUT2D eigenvalue weighted by Crippen LogP contribution is 2.23. The predicted octanol–water partition coefficient (Wildman–Crippen LogP) is 3.90. The van der Waals surface area contributed by atoms with Gasteiger partial charge in [0.15, 0.2) is 0 Å². The zero-order valence-corrected chi connectivity index (χ0v) is 12.4. The van der Waals surface area contributed by atoms with Crippen LogP contribution in [-0.2, 0) is 13.0 Å². The lowest BCUT2D eigenvalue weighted by Crippen LogP contribution is -2.15. The van der Waals surface area contributed by atoms with E-state index in [2.05, 4.69) is 0 Å². The van der Waals surface area contributed by atoms with Crippen LogP contribution in [0.4, 0.5) is 4.39 Å². The van der Waals surface area contributed by atoms with Crippen LogP contribution in [0.5, 0.6) is 5.75 Å². The number of nitrogens with two attached hydrogens (primary N) is 1. The highest BCUT2D eigenvalue weighted by atomic mass is 35.5. The number of aryl methyl sites for hydroxylation is 1. The molecular formula is C16H16ClFN2O. The molecule has 3 N–H and O–H groups in total. The van der Waals surface area contributed by atoms with Gasteiger partial charge in [0.25, 0.3) is 0 Å². The van der Waals surface area contributed by atoms with Gasteiger partial charge in [-0.3, -0.25) is 5.41 Å². The van der Waals surface area contributed by atoms with Crippen LogP contribution < -0.4 is 10.5 Å². The van der Waals surface area contributed by atoms with Crippen molar-refractivity contribution in [1.82, 2.24) is 0 Å². The lowest BCUT2D eigenvalue weighted by atomic mass is 10.1. The summed E-state index contributed by atoms with van der Waals surface area (Å²) in [5.74, 6) is 0.0669. The van der Waals surface area contributed by atoms with E-state index < -0.39 is 5.82 Å². The summed E-state index contributed by atoms with van der Waals surface area (Å²) in [4.78, 5) is 0. The fourth-order valence-electron chi connectivity index (χ4n) is 2.00. The third-order valence-corrected chi connectivity index (χ3v) is 3.52. The third kappa shape index (κ3) is 3.73. The Morgan fingerprint density at radius 3 is 2.67 bits per heavy atom. The number of hydrogen-bond acceptors (Lipinski definition) is 2. The molecule has 0 aliphatic rings. The molecule has 2 rings (SSSR count). The first-order valence-corrected chi connectivity index (χ1v) is 6.93. The first-order chi connectivity index (χ1) is 10.0. The largest absolute Gasteiger partial charge is 0.489 e. The molecule has 3 nitrogen and oxygen atoms in total. The highest BCUT2D eigenvalue weighted by Gasteiger charge is 2.08. The van der Waals surface area contributed by atoms with Gasteiger partial charge in [-0.25, -0.2) is 4.39 Å². The lowest BCUT2D eigenvalue weighted by molar-refractivity contribution is 0.305. The Kier molecular flexibility index (Phi) is 4.81. The van der Waals surface area contributed by atoms with Crippen molar-refractivity contribution in [2.75, 3.05) is 0 Å². The standard InChI is InChI=1S/C16H16ClFN2O/c1-2-10-7-13(5-6-15(10)17)21-9-11-3-4-12(18)8-14(11)16(19)20/h3-8H,2,9H2,1H3,(H3,19,20). The van der Waals surface area contributed by atoms with E-state index in [1.54, 1.807) is 18.2 Å². The van der Waals surface area contributed by atoms with Crippen molar-refractivity contribution in [3.05, 3.63) is 63.9 Å². The number of rotatable bonds is 5. The van der Waals surface area contributed by atoms with Gasteiger partial charge in [0.1, 0.15) is 24.0 Å². The van der Waals surface area contributed by atoms with Gasteiger partial charge in [-0.15, -0.1) is 0 Å². The molecule has 0 saturated carbocycles. The number of hydrogen-bond donors (Lipinski definition) is 2. The number of nitrogen functional groups attached to an aromatic ring is 1. The first-order valence-electron chi connectivity index (χ1n) is 6.55. The van der Waals surface area contributed by atoms with Crippen molar-refractivity contribution < 1.29 is 9.13 Å². The van der Waals surface area contributed by atoms with Gasteiger partial charge in [0, 0.05) is 16.1 Å². The maximum atomic E-state index is 13.2. The molecule has 0 amide bonds. The van der Waals surface area contributed by atoms with Crippen LogP contribution in [0, 0.1) is 11.2 Å². The molecular weight excluding hydrogens is 291 g/mol. The van der Waals surface area contributed by atoms with Crippen molar-refractivity contribution in [3.8, 4) is 5.75 Å². The first kappa shape index (κ1) is 15.3. The van der Waals surface area contributed by atoms with Crippen LogP contribution >= 0.6 is 11.6 Å². The Morgan fingerprint density at radius 2 is 2.00 bits per heavy atom. The van der Waals surface area contributed by atoms with Crippen LogP contribution in [0.2, 0.25) is 5.02 Å². The average molecular weight is 307 g/mol. The van der Waals surface area contributed by atoms with Gasteiger partial charge < -0.3 is 10.5 Å². The summed E-state index contributed by atoms with van der Waals surface area (Å²) in [6.45, 7) is 2.22. The molecule has 0 bridgehead atoms. The molecule has 2 aromatic rings. The van der Waals surface area contributed by atoms with E-state index in [1.807, 2.05) is 13.0 Å². The number of amidine groups is 1. The lowest BCUT2D eigenvalue weighted by Gasteiger charge is -2.11. The van der Waals surface area contributed by atoms with Crippen molar-refractivity contribution in [1.29, 1.82) is 5.41 Å². The zero-order chi connectivity index (χ0) is 15.4. The quantitative estimate of drug-likeness (QED) is 0.650. The summed E-state index contributed by atoms with van der Waals surface area (Å²) in [6, 6.07) is 9.57. The molecule has 0 spiro atoms.